The SMILES string of the molecule is CC(C)CCCNC(=NCC1CCCO1)NCCc1ccco1.I. The summed E-state index contributed by atoms with van der Waals surface area (Å²) >= 11 is 0. The van der Waals surface area contributed by atoms with Gasteiger partial charge in [-0.3, -0.25) is 4.99 Å². The number of halogens is 1. The molecule has 24 heavy (non-hydrogen) atoms. The first-order chi connectivity index (χ1) is 11.2. The molecule has 1 unspecified atom stereocenters. The van der Waals surface area contributed by atoms with Crippen LogP contribution in [0.4, 0.5) is 0 Å². The van der Waals surface area contributed by atoms with E-state index in [-0.39, 0.29) is 30.1 Å². The van der Waals surface area contributed by atoms with Crippen LogP contribution in [-0.2, 0) is 11.2 Å². The summed E-state index contributed by atoms with van der Waals surface area (Å²) in [5, 5.41) is 6.83. The molecule has 6 heteroatoms. The van der Waals surface area contributed by atoms with Gasteiger partial charge in [-0.25, -0.2) is 0 Å². The van der Waals surface area contributed by atoms with Crippen molar-refractivity contribution in [1.29, 1.82) is 0 Å². The normalized spacial score (nSPS) is 17.8. The van der Waals surface area contributed by atoms with Gasteiger partial charge in [-0.05, 0) is 43.7 Å². The Kier molecular flexibility index (Phi) is 11.2. The summed E-state index contributed by atoms with van der Waals surface area (Å²) in [6.07, 6.45) is 7.54. The van der Waals surface area contributed by atoms with Crippen LogP contribution in [0.25, 0.3) is 0 Å². The smallest absolute Gasteiger partial charge is 0.191 e. The van der Waals surface area contributed by atoms with Crippen molar-refractivity contribution in [1.82, 2.24) is 10.6 Å². The van der Waals surface area contributed by atoms with Crippen molar-refractivity contribution in [3.63, 3.8) is 0 Å². The Hall–Kier alpha value is -0.760. The molecule has 1 saturated heterocycles. The average Bonchev–Trinajstić information content (AvgIpc) is 3.21. The van der Waals surface area contributed by atoms with Gasteiger partial charge in [0.1, 0.15) is 5.76 Å². The minimum Gasteiger partial charge on any atom is -0.469 e. The van der Waals surface area contributed by atoms with Crippen LogP contribution < -0.4 is 10.6 Å². The predicted molar refractivity (Wildman–Crippen MR) is 109 cm³/mol. The van der Waals surface area contributed by atoms with E-state index in [0.29, 0.717) is 0 Å². The predicted octanol–water partition coefficient (Wildman–Crippen LogP) is 3.59. The molecule has 0 aliphatic carbocycles. The molecule has 0 radical (unpaired) electrons. The molecule has 5 nitrogen and oxygen atoms in total. The second kappa shape index (κ2) is 12.6. The lowest BCUT2D eigenvalue weighted by atomic mass is 10.1. The number of aliphatic imine (C=N–C) groups is 1. The highest BCUT2D eigenvalue weighted by Gasteiger charge is 2.14. The Balaban J connectivity index is 0.00000288. The zero-order chi connectivity index (χ0) is 16.3. The monoisotopic (exact) mass is 449 g/mol. The lowest BCUT2D eigenvalue weighted by molar-refractivity contribution is 0.117. The molecule has 1 aliphatic rings. The molecule has 1 atom stereocenters. The van der Waals surface area contributed by atoms with Gasteiger partial charge in [0, 0.05) is 26.1 Å². The summed E-state index contributed by atoms with van der Waals surface area (Å²) in [5.74, 6) is 2.63. The van der Waals surface area contributed by atoms with Gasteiger partial charge < -0.3 is 19.8 Å². The fraction of sp³-hybridized carbons (Fsp3) is 0.722. The Bertz CT molecular complexity index is 443. The first-order valence-electron chi connectivity index (χ1n) is 8.90. The van der Waals surface area contributed by atoms with Gasteiger partial charge in [-0.2, -0.15) is 0 Å². The van der Waals surface area contributed by atoms with Crippen LogP contribution in [0.3, 0.4) is 0 Å². The van der Waals surface area contributed by atoms with E-state index in [0.717, 1.165) is 69.6 Å². The van der Waals surface area contributed by atoms with Crippen molar-refractivity contribution in [2.24, 2.45) is 10.9 Å². The third-order valence-corrected chi connectivity index (χ3v) is 3.97. The quantitative estimate of drug-likeness (QED) is 0.262. The van der Waals surface area contributed by atoms with Gasteiger partial charge in [0.05, 0.1) is 18.9 Å². The highest BCUT2D eigenvalue weighted by atomic mass is 127. The molecule has 1 aromatic rings. The third-order valence-electron chi connectivity index (χ3n) is 3.97. The average molecular weight is 449 g/mol. The third kappa shape index (κ3) is 8.92. The maximum absolute atomic E-state index is 5.65. The molecule has 0 aromatic carbocycles. The fourth-order valence-electron chi connectivity index (χ4n) is 2.63. The first kappa shape index (κ1) is 21.3. The van der Waals surface area contributed by atoms with Crippen LogP contribution in [0.15, 0.2) is 27.8 Å². The largest absolute Gasteiger partial charge is 0.469 e. The molecule has 0 amide bonds. The molecule has 2 heterocycles. The molecule has 2 rings (SSSR count). The molecule has 1 aromatic heterocycles. The van der Waals surface area contributed by atoms with Crippen LogP contribution >= 0.6 is 24.0 Å². The van der Waals surface area contributed by atoms with Crippen molar-refractivity contribution in [2.45, 2.75) is 52.1 Å². The Labute approximate surface area is 163 Å². The second-order valence-electron chi connectivity index (χ2n) is 6.54. The van der Waals surface area contributed by atoms with E-state index in [9.17, 15) is 0 Å². The summed E-state index contributed by atoms with van der Waals surface area (Å²) in [5.41, 5.74) is 0. The molecular formula is C18H32IN3O2. The molecule has 2 N–H and O–H groups in total. The molecule has 138 valence electrons. The molecule has 0 bridgehead atoms. The second-order valence-corrected chi connectivity index (χ2v) is 6.54. The van der Waals surface area contributed by atoms with Crippen molar-refractivity contribution in [2.75, 3.05) is 26.2 Å². The highest BCUT2D eigenvalue weighted by Crippen LogP contribution is 2.11. The Morgan fingerprint density at radius 2 is 2.17 bits per heavy atom. The van der Waals surface area contributed by atoms with Gasteiger partial charge in [0.25, 0.3) is 0 Å². The Morgan fingerprint density at radius 1 is 1.33 bits per heavy atom. The molecule has 0 spiro atoms. The van der Waals surface area contributed by atoms with Crippen LogP contribution in [0.1, 0.15) is 45.3 Å². The van der Waals surface area contributed by atoms with Crippen LogP contribution in [0.2, 0.25) is 0 Å². The minimum atomic E-state index is 0. The topological polar surface area (TPSA) is 58.8 Å². The van der Waals surface area contributed by atoms with E-state index < -0.39 is 0 Å². The van der Waals surface area contributed by atoms with Crippen LogP contribution in [0, 0.1) is 5.92 Å². The summed E-state index contributed by atoms with van der Waals surface area (Å²) in [7, 11) is 0. The van der Waals surface area contributed by atoms with E-state index in [1.54, 1.807) is 6.26 Å². The fourth-order valence-corrected chi connectivity index (χ4v) is 2.63. The maximum atomic E-state index is 5.65. The van der Waals surface area contributed by atoms with Gasteiger partial charge in [0.2, 0.25) is 0 Å². The number of hydrogen-bond donors (Lipinski definition) is 2. The lowest BCUT2D eigenvalue weighted by Crippen LogP contribution is -2.39. The van der Waals surface area contributed by atoms with E-state index in [4.69, 9.17) is 9.15 Å². The van der Waals surface area contributed by atoms with Gasteiger partial charge >= 0.3 is 0 Å². The summed E-state index contributed by atoms with van der Waals surface area (Å²) in [6.45, 7) is 7.90. The zero-order valence-electron chi connectivity index (χ0n) is 14.9. The van der Waals surface area contributed by atoms with Gasteiger partial charge in [-0.15, -0.1) is 24.0 Å². The molecule has 1 aliphatic heterocycles. The number of nitrogens with one attached hydrogen (secondary N) is 2. The number of furan rings is 1. The molecule has 0 saturated carbocycles. The molecular weight excluding hydrogens is 417 g/mol. The van der Waals surface area contributed by atoms with Crippen molar-refractivity contribution in [3.8, 4) is 0 Å². The summed E-state index contributed by atoms with van der Waals surface area (Å²) in [4.78, 5) is 4.68. The number of ether oxygens (including phenoxy) is 1. The van der Waals surface area contributed by atoms with E-state index in [1.165, 1.54) is 6.42 Å². The minimum absolute atomic E-state index is 0. The van der Waals surface area contributed by atoms with Crippen molar-refractivity contribution >= 4 is 29.9 Å². The number of nitrogens with zero attached hydrogens (tertiary/aromatic N) is 1. The standard InChI is InChI=1S/C18H31N3O2.HI/c1-15(2)6-3-10-19-18(21-14-17-8-5-13-23-17)20-11-9-16-7-4-12-22-16;/h4,7,12,15,17H,3,5-6,8-11,13-14H2,1-2H3,(H2,19,20,21);1H. The van der Waals surface area contributed by atoms with Crippen LogP contribution in [0.5, 0.6) is 0 Å². The maximum Gasteiger partial charge on any atom is 0.191 e. The van der Waals surface area contributed by atoms with Crippen molar-refractivity contribution in [3.05, 3.63) is 24.2 Å². The van der Waals surface area contributed by atoms with E-state index in [1.807, 2.05) is 12.1 Å². The van der Waals surface area contributed by atoms with E-state index >= 15 is 0 Å². The summed E-state index contributed by atoms with van der Waals surface area (Å²) in [6, 6.07) is 3.92. The Morgan fingerprint density at radius 3 is 2.83 bits per heavy atom. The molecule has 1 fully saturated rings. The summed E-state index contributed by atoms with van der Waals surface area (Å²) < 4.78 is 11.0. The van der Waals surface area contributed by atoms with E-state index in [2.05, 4.69) is 29.5 Å². The van der Waals surface area contributed by atoms with Crippen molar-refractivity contribution < 1.29 is 9.15 Å². The first-order valence-corrected chi connectivity index (χ1v) is 8.90. The number of rotatable bonds is 9. The number of hydrogen-bond acceptors (Lipinski definition) is 3. The van der Waals surface area contributed by atoms with Gasteiger partial charge in [0.15, 0.2) is 5.96 Å². The number of guanidine groups is 1. The zero-order valence-corrected chi connectivity index (χ0v) is 17.3. The van der Waals surface area contributed by atoms with Crippen LogP contribution in [-0.4, -0.2) is 38.3 Å². The lowest BCUT2D eigenvalue weighted by Gasteiger charge is -2.14. The van der Waals surface area contributed by atoms with Gasteiger partial charge in [-0.1, -0.05) is 13.8 Å². The highest BCUT2D eigenvalue weighted by molar-refractivity contribution is 14.0.